The molecular weight excluding hydrogens is 258 g/mol. The van der Waals surface area contributed by atoms with Gasteiger partial charge in [0.15, 0.2) is 0 Å². The van der Waals surface area contributed by atoms with E-state index in [1.807, 2.05) is 0 Å². The maximum Gasteiger partial charge on any atom is 0.230 e. The highest BCUT2D eigenvalue weighted by Crippen LogP contribution is 2.13. The van der Waals surface area contributed by atoms with Crippen LogP contribution in [0.15, 0.2) is 24.3 Å². The van der Waals surface area contributed by atoms with Crippen LogP contribution in [0.1, 0.15) is 18.1 Å². The SMILES string of the molecule is Cc1cccc(CSCC(=O)NC2CNNC2C)c1. The van der Waals surface area contributed by atoms with E-state index in [0.717, 1.165) is 12.3 Å². The number of hydrogen-bond donors (Lipinski definition) is 3. The molecule has 2 rings (SSSR count). The summed E-state index contributed by atoms with van der Waals surface area (Å²) in [5, 5.41) is 3.04. The molecule has 0 bridgehead atoms. The van der Waals surface area contributed by atoms with E-state index in [1.54, 1.807) is 11.8 Å². The third-order valence-electron chi connectivity index (χ3n) is 3.19. The molecule has 1 aromatic rings. The van der Waals surface area contributed by atoms with Crippen LogP contribution in [0.3, 0.4) is 0 Å². The summed E-state index contributed by atoms with van der Waals surface area (Å²) in [5.74, 6) is 1.50. The molecule has 5 heteroatoms. The monoisotopic (exact) mass is 279 g/mol. The number of nitrogens with one attached hydrogen (secondary N) is 3. The average Bonchev–Trinajstić information content (AvgIpc) is 2.75. The second kappa shape index (κ2) is 6.93. The Balaban J connectivity index is 1.69. The predicted molar refractivity (Wildman–Crippen MR) is 79.9 cm³/mol. The molecule has 1 fully saturated rings. The van der Waals surface area contributed by atoms with Crippen molar-refractivity contribution in [1.29, 1.82) is 0 Å². The Bertz CT molecular complexity index is 438. The second-order valence-electron chi connectivity index (χ2n) is 4.97. The lowest BCUT2D eigenvalue weighted by atomic mass is 10.2. The fourth-order valence-corrected chi connectivity index (χ4v) is 2.88. The van der Waals surface area contributed by atoms with Gasteiger partial charge in [0, 0.05) is 18.3 Å². The number of aryl methyl sites for hydroxylation is 1. The zero-order valence-corrected chi connectivity index (χ0v) is 12.2. The molecule has 1 aromatic carbocycles. The van der Waals surface area contributed by atoms with Crippen molar-refractivity contribution < 1.29 is 4.79 Å². The van der Waals surface area contributed by atoms with Crippen molar-refractivity contribution in [3.05, 3.63) is 35.4 Å². The lowest BCUT2D eigenvalue weighted by Gasteiger charge is -2.15. The molecule has 0 aromatic heterocycles. The van der Waals surface area contributed by atoms with Crippen molar-refractivity contribution in [2.24, 2.45) is 0 Å². The van der Waals surface area contributed by atoms with Crippen molar-refractivity contribution in [2.45, 2.75) is 31.7 Å². The van der Waals surface area contributed by atoms with E-state index < -0.39 is 0 Å². The Hall–Kier alpha value is -1.04. The van der Waals surface area contributed by atoms with Crippen LogP contribution in [-0.2, 0) is 10.5 Å². The minimum atomic E-state index is 0.111. The fourth-order valence-electron chi connectivity index (χ4n) is 2.10. The van der Waals surface area contributed by atoms with Crippen LogP contribution in [-0.4, -0.2) is 30.3 Å². The summed E-state index contributed by atoms with van der Waals surface area (Å²) in [7, 11) is 0. The largest absolute Gasteiger partial charge is 0.350 e. The number of carbonyl (C=O) groups is 1. The highest BCUT2D eigenvalue weighted by atomic mass is 32.2. The first-order valence-electron chi connectivity index (χ1n) is 6.56. The van der Waals surface area contributed by atoms with Gasteiger partial charge in [-0.1, -0.05) is 29.8 Å². The number of hydrogen-bond acceptors (Lipinski definition) is 4. The molecule has 1 aliphatic heterocycles. The van der Waals surface area contributed by atoms with Crippen LogP contribution in [0.4, 0.5) is 0 Å². The molecule has 1 amide bonds. The van der Waals surface area contributed by atoms with Crippen LogP contribution < -0.4 is 16.2 Å². The summed E-state index contributed by atoms with van der Waals surface area (Å²) in [6.45, 7) is 4.93. The summed E-state index contributed by atoms with van der Waals surface area (Å²) in [5.41, 5.74) is 8.67. The summed E-state index contributed by atoms with van der Waals surface area (Å²) in [6, 6.07) is 8.88. The molecule has 19 heavy (non-hydrogen) atoms. The number of carbonyl (C=O) groups excluding carboxylic acids is 1. The van der Waals surface area contributed by atoms with Crippen molar-refractivity contribution in [3.8, 4) is 0 Å². The summed E-state index contributed by atoms with van der Waals surface area (Å²) >= 11 is 1.65. The van der Waals surface area contributed by atoms with Gasteiger partial charge in [-0.15, -0.1) is 11.8 Å². The minimum absolute atomic E-state index is 0.111. The van der Waals surface area contributed by atoms with Crippen LogP contribution in [0, 0.1) is 6.92 Å². The van der Waals surface area contributed by atoms with E-state index >= 15 is 0 Å². The van der Waals surface area contributed by atoms with Crippen LogP contribution in [0.2, 0.25) is 0 Å². The molecule has 1 heterocycles. The number of hydrazine groups is 1. The molecule has 0 saturated carbocycles. The molecule has 0 aliphatic carbocycles. The van der Waals surface area contributed by atoms with Crippen LogP contribution in [0.25, 0.3) is 0 Å². The maximum absolute atomic E-state index is 11.8. The molecule has 2 atom stereocenters. The Morgan fingerprint density at radius 2 is 2.37 bits per heavy atom. The number of thioether (sulfide) groups is 1. The first-order chi connectivity index (χ1) is 9.15. The van der Waals surface area contributed by atoms with Gasteiger partial charge in [-0.2, -0.15) is 0 Å². The van der Waals surface area contributed by atoms with E-state index in [4.69, 9.17) is 0 Å². The van der Waals surface area contributed by atoms with Gasteiger partial charge in [0.25, 0.3) is 0 Å². The van der Waals surface area contributed by atoms with E-state index in [1.165, 1.54) is 11.1 Å². The van der Waals surface area contributed by atoms with Gasteiger partial charge >= 0.3 is 0 Å². The topological polar surface area (TPSA) is 53.2 Å². The number of rotatable bonds is 5. The predicted octanol–water partition coefficient (Wildman–Crippen LogP) is 1.21. The molecule has 0 radical (unpaired) electrons. The third-order valence-corrected chi connectivity index (χ3v) is 4.19. The van der Waals surface area contributed by atoms with E-state index in [9.17, 15) is 4.79 Å². The molecule has 104 valence electrons. The highest BCUT2D eigenvalue weighted by molar-refractivity contribution is 7.99. The Morgan fingerprint density at radius 3 is 3.05 bits per heavy atom. The zero-order valence-electron chi connectivity index (χ0n) is 11.4. The van der Waals surface area contributed by atoms with Gasteiger partial charge in [0.05, 0.1) is 11.8 Å². The van der Waals surface area contributed by atoms with Gasteiger partial charge in [0.1, 0.15) is 0 Å². The molecular formula is C14H21N3OS. The van der Waals surface area contributed by atoms with Crippen molar-refractivity contribution in [2.75, 3.05) is 12.3 Å². The standard InChI is InChI=1S/C14H21N3OS/c1-10-4-3-5-12(6-10)8-19-9-14(18)16-13-7-15-17-11(13)2/h3-6,11,13,15,17H,7-9H2,1-2H3,(H,16,18). The molecule has 0 spiro atoms. The Kier molecular flexibility index (Phi) is 5.24. The number of benzene rings is 1. The van der Waals surface area contributed by atoms with Crippen molar-refractivity contribution in [1.82, 2.24) is 16.2 Å². The lowest BCUT2D eigenvalue weighted by Crippen LogP contribution is -2.43. The van der Waals surface area contributed by atoms with Gasteiger partial charge in [-0.05, 0) is 19.4 Å². The molecule has 4 nitrogen and oxygen atoms in total. The van der Waals surface area contributed by atoms with Crippen LogP contribution >= 0.6 is 11.8 Å². The first-order valence-corrected chi connectivity index (χ1v) is 7.71. The summed E-state index contributed by atoms with van der Waals surface area (Å²) < 4.78 is 0. The summed E-state index contributed by atoms with van der Waals surface area (Å²) in [4.78, 5) is 11.8. The smallest absolute Gasteiger partial charge is 0.230 e. The molecule has 3 N–H and O–H groups in total. The lowest BCUT2D eigenvalue weighted by molar-refractivity contribution is -0.119. The highest BCUT2D eigenvalue weighted by Gasteiger charge is 2.23. The number of amides is 1. The Labute approximate surface area is 118 Å². The van der Waals surface area contributed by atoms with Gasteiger partial charge in [-0.3, -0.25) is 15.6 Å². The maximum atomic E-state index is 11.8. The quantitative estimate of drug-likeness (QED) is 0.758. The average molecular weight is 279 g/mol. The first kappa shape index (κ1) is 14.4. The van der Waals surface area contributed by atoms with Gasteiger partial charge in [-0.25, -0.2) is 0 Å². The van der Waals surface area contributed by atoms with Gasteiger partial charge < -0.3 is 5.32 Å². The second-order valence-corrected chi connectivity index (χ2v) is 5.96. The fraction of sp³-hybridized carbons (Fsp3) is 0.500. The van der Waals surface area contributed by atoms with Crippen molar-refractivity contribution >= 4 is 17.7 Å². The summed E-state index contributed by atoms with van der Waals surface area (Å²) in [6.07, 6.45) is 0. The van der Waals surface area contributed by atoms with E-state index in [-0.39, 0.29) is 18.0 Å². The minimum Gasteiger partial charge on any atom is -0.350 e. The normalized spacial score (nSPS) is 22.4. The molecule has 1 aliphatic rings. The zero-order chi connectivity index (χ0) is 13.7. The molecule has 2 unspecified atom stereocenters. The Morgan fingerprint density at radius 1 is 1.53 bits per heavy atom. The van der Waals surface area contributed by atoms with Gasteiger partial charge in [0.2, 0.25) is 5.91 Å². The third kappa shape index (κ3) is 4.53. The van der Waals surface area contributed by atoms with E-state index in [0.29, 0.717) is 5.75 Å². The van der Waals surface area contributed by atoms with Crippen LogP contribution in [0.5, 0.6) is 0 Å². The van der Waals surface area contributed by atoms with Crippen molar-refractivity contribution in [3.63, 3.8) is 0 Å². The molecule has 1 saturated heterocycles. The van der Waals surface area contributed by atoms with E-state index in [2.05, 4.69) is 54.3 Å².